The number of alkyl halides is 3. The highest BCUT2D eigenvalue weighted by Gasteiger charge is 2.31. The number of hydrogen-bond acceptors (Lipinski definition) is 3. The highest BCUT2D eigenvalue weighted by molar-refractivity contribution is 6.20. The van der Waals surface area contributed by atoms with Crippen molar-refractivity contribution in [3.8, 4) is 0 Å². The van der Waals surface area contributed by atoms with Gasteiger partial charge in [-0.1, -0.05) is 43.3 Å². The van der Waals surface area contributed by atoms with E-state index in [0.29, 0.717) is 11.1 Å². The third-order valence-electron chi connectivity index (χ3n) is 5.40. The number of nitrogens with one attached hydrogen (secondary N) is 1. The lowest BCUT2D eigenvalue weighted by Gasteiger charge is -2.10. The number of rotatable bonds is 5. The number of nitrogen functional groups attached to an aromatic ring is 1. The van der Waals surface area contributed by atoms with Gasteiger partial charge in [0.2, 0.25) is 5.78 Å². The topological polar surface area (TPSA) is 76.6 Å². The van der Waals surface area contributed by atoms with Gasteiger partial charge in [0.15, 0.2) is 0 Å². The number of carbonyl (C=O) groups is 2. The Morgan fingerprint density at radius 3 is 2.39 bits per heavy atom. The summed E-state index contributed by atoms with van der Waals surface area (Å²) in [6, 6.07) is 16.4. The number of aromatic nitrogens is 1. The van der Waals surface area contributed by atoms with Crippen molar-refractivity contribution in [1.82, 2.24) is 4.40 Å². The van der Waals surface area contributed by atoms with E-state index in [0.717, 1.165) is 24.1 Å². The second-order valence-electron chi connectivity index (χ2n) is 7.51. The summed E-state index contributed by atoms with van der Waals surface area (Å²) in [7, 11) is 0. The molecule has 0 bridgehead atoms. The number of nitrogens with two attached hydrogens (primary N) is 1. The number of pyridine rings is 1. The van der Waals surface area contributed by atoms with Crippen LogP contribution in [0.4, 0.5) is 24.5 Å². The number of halogens is 3. The fraction of sp³-hybridized carbons (Fsp3) is 0.120. The van der Waals surface area contributed by atoms with Gasteiger partial charge in [-0.05, 0) is 42.3 Å². The van der Waals surface area contributed by atoms with Crippen LogP contribution in [0, 0.1) is 0 Å². The van der Waals surface area contributed by atoms with Crippen LogP contribution in [0.25, 0.3) is 5.52 Å². The fourth-order valence-electron chi connectivity index (χ4n) is 3.69. The molecule has 0 unspecified atom stereocenters. The maximum absolute atomic E-state index is 13.3. The average molecular weight is 451 g/mol. The van der Waals surface area contributed by atoms with E-state index < -0.39 is 17.6 Å². The van der Waals surface area contributed by atoms with Crippen molar-refractivity contribution in [1.29, 1.82) is 0 Å². The van der Waals surface area contributed by atoms with Gasteiger partial charge in [-0.25, -0.2) is 0 Å². The zero-order chi connectivity index (χ0) is 23.8. The van der Waals surface area contributed by atoms with Crippen LogP contribution in [0.2, 0.25) is 0 Å². The van der Waals surface area contributed by atoms with Crippen LogP contribution in [-0.4, -0.2) is 16.1 Å². The Hall–Kier alpha value is -4.07. The predicted octanol–water partition coefficient (Wildman–Crippen LogP) is 5.59. The molecular weight excluding hydrogens is 431 g/mol. The van der Waals surface area contributed by atoms with Crippen LogP contribution in [0.1, 0.15) is 44.5 Å². The largest absolute Gasteiger partial charge is 0.416 e. The van der Waals surface area contributed by atoms with Crippen LogP contribution in [0.15, 0.2) is 72.9 Å². The molecule has 0 aliphatic heterocycles. The number of benzene rings is 2. The fourth-order valence-corrected chi connectivity index (χ4v) is 3.69. The number of hydrogen-bond donors (Lipinski definition) is 2. The number of anilines is 2. The molecule has 0 radical (unpaired) electrons. The maximum atomic E-state index is 13.3. The molecule has 0 atom stereocenters. The van der Waals surface area contributed by atoms with Gasteiger partial charge in [0.25, 0.3) is 5.91 Å². The molecule has 0 fully saturated rings. The zero-order valence-electron chi connectivity index (χ0n) is 17.6. The van der Waals surface area contributed by atoms with E-state index >= 15 is 0 Å². The molecule has 0 saturated heterocycles. The SMILES string of the molecule is CCc1ccc(C(=O)c2c(N)c(C(=O)Nc3cccc(C(F)(F)F)c3)c3ccccn23)cc1. The molecule has 2 heterocycles. The van der Waals surface area contributed by atoms with E-state index in [1.807, 2.05) is 19.1 Å². The molecule has 2 aromatic carbocycles. The maximum Gasteiger partial charge on any atom is 0.416 e. The van der Waals surface area contributed by atoms with Crippen LogP contribution in [0.5, 0.6) is 0 Å². The van der Waals surface area contributed by atoms with Gasteiger partial charge in [0, 0.05) is 17.4 Å². The molecule has 0 saturated carbocycles. The van der Waals surface area contributed by atoms with Crippen molar-refractivity contribution in [3.05, 3.63) is 101 Å². The van der Waals surface area contributed by atoms with E-state index in [1.165, 1.54) is 16.5 Å². The normalized spacial score (nSPS) is 11.5. The molecule has 4 rings (SSSR count). The minimum atomic E-state index is -4.55. The number of amides is 1. The molecule has 4 aromatic rings. The summed E-state index contributed by atoms with van der Waals surface area (Å²) in [6.07, 6.45) is -2.11. The Morgan fingerprint density at radius 1 is 1.00 bits per heavy atom. The van der Waals surface area contributed by atoms with Gasteiger partial charge in [-0.3, -0.25) is 9.59 Å². The van der Waals surface area contributed by atoms with Crippen LogP contribution in [-0.2, 0) is 12.6 Å². The second kappa shape index (κ2) is 8.46. The summed E-state index contributed by atoms with van der Waals surface area (Å²) in [5, 5.41) is 2.47. The molecule has 0 aliphatic rings. The number of nitrogens with zero attached hydrogens (tertiary/aromatic N) is 1. The number of ketones is 1. The molecule has 3 N–H and O–H groups in total. The van der Waals surface area contributed by atoms with Gasteiger partial charge in [0.1, 0.15) is 5.69 Å². The first-order valence-electron chi connectivity index (χ1n) is 10.2. The molecule has 2 aromatic heterocycles. The quantitative estimate of drug-likeness (QED) is 0.389. The predicted molar refractivity (Wildman–Crippen MR) is 120 cm³/mol. The minimum Gasteiger partial charge on any atom is -0.396 e. The second-order valence-corrected chi connectivity index (χ2v) is 7.51. The average Bonchev–Trinajstić information content (AvgIpc) is 3.10. The third-order valence-corrected chi connectivity index (χ3v) is 5.40. The Morgan fingerprint density at radius 2 is 1.73 bits per heavy atom. The molecular formula is C25H20F3N3O2. The zero-order valence-corrected chi connectivity index (χ0v) is 17.6. The third kappa shape index (κ3) is 4.19. The first-order chi connectivity index (χ1) is 15.7. The van der Waals surface area contributed by atoms with Crippen molar-refractivity contribution in [2.45, 2.75) is 19.5 Å². The Balaban J connectivity index is 1.75. The Bertz CT molecular complexity index is 1360. The number of aryl methyl sites for hydroxylation is 1. The van der Waals surface area contributed by atoms with Gasteiger partial charge < -0.3 is 15.5 Å². The van der Waals surface area contributed by atoms with Gasteiger partial charge >= 0.3 is 6.18 Å². The lowest BCUT2D eigenvalue weighted by atomic mass is 10.0. The molecule has 8 heteroatoms. The van der Waals surface area contributed by atoms with Gasteiger partial charge in [-0.15, -0.1) is 0 Å². The molecule has 33 heavy (non-hydrogen) atoms. The first kappa shape index (κ1) is 22.1. The van der Waals surface area contributed by atoms with Crippen molar-refractivity contribution in [3.63, 3.8) is 0 Å². The molecule has 168 valence electrons. The van der Waals surface area contributed by atoms with E-state index in [4.69, 9.17) is 5.73 Å². The lowest BCUT2D eigenvalue weighted by Crippen LogP contribution is -2.15. The van der Waals surface area contributed by atoms with Crippen molar-refractivity contribution >= 4 is 28.6 Å². The number of carbonyl (C=O) groups excluding carboxylic acids is 2. The smallest absolute Gasteiger partial charge is 0.396 e. The Kier molecular flexibility index (Phi) is 5.68. The van der Waals surface area contributed by atoms with Gasteiger partial charge in [-0.2, -0.15) is 13.2 Å². The first-order valence-corrected chi connectivity index (χ1v) is 10.2. The monoisotopic (exact) mass is 451 g/mol. The standard InChI is InChI=1S/C25H20F3N3O2/c1-2-15-9-11-16(12-10-15)23(32)22-21(29)20(19-8-3-4-13-31(19)22)24(33)30-18-7-5-6-17(14-18)25(26,27)28/h3-14H,2,29H2,1H3,(H,30,33). The van der Waals surface area contributed by atoms with Crippen LogP contribution < -0.4 is 11.1 Å². The highest BCUT2D eigenvalue weighted by Crippen LogP contribution is 2.32. The summed E-state index contributed by atoms with van der Waals surface area (Å²) in [5.74, 6) is -1.08. The van der Waals surface area contributed by atoms with Crippen molar-refractivity contribution < 1.29 is 22.8 Å². The highest BCUT2D eigenvalue weighted by atomic mass is 19.4. The van der Waals surface area contributed by atoms with Gasteiger partial charge in [0.05, 0.1) is 22.3 Å². The summed E-state index contributed by atoms with van der Waals surface area (Å²) in [4.78, 5) is 26.3. The summed E-state index contributed by atoms with van der Waals surface area (Å²) in [6.45, 7) is 2.00. The Labute approximate surface area is 187 Å². The van der Waals surface area contributed by atoms with E-state index in [-0.39, 0.29) is 28.4 Å². The summed E-state index contributed by atoms with van der Waals surface area (Å²) < 4.78 is 40.6. The lowest BCUT2D eigenvalue weighted by molar-refractivity contribution is -0.137. The van der Waals surface area contributed by atoms with Crippen molar-refractivity contribution in [2.24, 2.45) is 0 Å². The minimum absolute atomic E-state index is 0.0153. The molecule has 5 nitrogen and oxygen atoms in total. The summed E-state index contributed by atoms with van der Waals surface area (Å²) in [5.41, 5.74) is 7.29. The number of fused-ring (bicyclic) bond motifs is 1. The summed E-state index contributed by atoms with van der Waals surface area (Å²) >= 11 is 0. The van der Waals surface area contributed by atoms with Crippen LogP contribution in [0.3, 0.4) is 0 Å². The van der Waals surface area contributed by atoms with Crippen LogP contribution >= 0.6 is 0 Å². The molecule has 0 spiro atoms. The van der Waals surface area contributed by atoms with Crippen molar-refractivity contribution in [2.75, 3.05) is 11.1 Å². The molecule has 0 aliphatic carbocycles. The van der Waals surface area contributed by atoms with E-state index in [2.05, 4.69) is 5.32 Å². The van der Waals surface area contributed by atoms with E-state index in [1.54, 1.807) is 36.5 Å². The van der Waals surface area contributed by atoms with E-state index in [9.17, 15) is 22.8 Å². The molecule has 1 amide bonds.